The van der Waals surface area contributed by atoms with E-state index < -0.39 is 0 Å². The first-order valence-corrected chi connectivity index (χ1v) is 6.18. The Kier molecular flexibility index (Phi) is 3.33. The number of nitrogens with one attached hydrogen (secondary N) is 1. The second kappa shape index (κ2) is 4.72. The van der Waals surface area contributed by atoms with Crippen molar-refractivity contribution >= 4 is 33.2 Å². The lowest BCUT2D eigenvalue weighted by atomic mass is 10.4. The topological polar surface area (TPSA) is 37.8 Å². The van der Waals surface area contributed by atoms with E-state index in [1.165, 1.54) is 4.88 Å². The van der Waals surface area contributed by atoms with Gasteiger partial charge < -0.3 is 5.32 Å². The van der Waals surface area contributed by atoms with Crippen LogP contribution in [0.1, 0.15) is 10.6 Å². The fourth-order valence-electron chi connectivity index (χ4n) is 1.15. The van der Waals surface area contributed by atoms with Gasteiger partial charge in [-0.3, -0.25) is 0 Å². The monoisotopic (exact) mass is 283 g/mol. The maximum atomic E-state index is 4.27. The summed E-state index contributed by atoms with van der Waals surface area (Å²) in [5, 5.41) is 5.25. The van der Waals surface area contributed by atoms with Crippen LogP contribution < -0.4 is 5.32 Å². The quantitative estimate of drug-likeness (QED) is 0.940. The second-order valence-electron chi connectivity index (χ2n) is 3.11. The normalized spacial score (nSPS) is 10.3. The van der Waals surface area contributed by atoms with Gasteiger partial charge in [0.15, 0.2) is 0 Å². The summed E-state index contributed by atoms with van der Waals surface area (Å²) in [6, 6.07) is 3.97. The number of hydrogen-bond donors (Lipinski definition) is 1. The Morgan fingerprint density at radius 3 is 3.07 bits per heavy atom. The van der Waals surface area contributed by atoms with Gasteiger partial charge >= 0.3 is 0 Å². The standard InChI is InChI=1S/C10H10BrN3S/c1-7-2-3-12-10(14-7)13-5-9-4-8(11)6-15-9/h2-4,6H,5H2,1H3,(H,12,13,14). The predicted molar refractivity (Wildman–Crippen MR) is 66.1 cm³/mol. The Balaban J connectivity index is 1.99. The van der Waals surface area contributed by atoms with E-state index in [2.05, 4.69) is 42.7 Å². The minimum absolute atomic E-state index is 0.680. The van der Waals surface area contributed by atoms with Gasteiger partial charge in [0.25, 0.3) is 0 Å². The Labute approximate surface area is 101 Å². The SMILES string of the molecule is Cc1ccnc(NCc2cc(Br)cs2)n1. The van der Waals surface area contributed by atoms with Crippen LogP contribution in [0.4, 0.5) is 5.95 Å². The number of rotatable bonds is 3. The maximum absolute atomic E-state index is 4.27. The van der Waals surface area contributed by atoms with E-state index in [4.69, 9.17) is 0 Å². The molecule has 0 unspecified atom stereocenters. The van der Waals surface area contributed by atoms with Crippen molar-refractivity contribution in [1.29, 1.82) is 0 Å². The number of thiophene rings is 1. The summed E-state index contributed by atoms with van der Waals surface area (Å²) in [7, 11) is 0. The van der Waals surface area contributed by atoms with Crippen LogP contribution in [0.3, 0.4) is 0 Å². The molecule has 0 aromatic carbocycles. The Morgan fingerprint density at radius 2 is 2.40 bits per heavy atom. The summed E-state index contributed by atoms with van der Waals surface area (Å²) in [6.07, 6.45) is 1.76. The van der Waals surface area contributed by atoms with Crippen molar-refractivity contribution in [1.82, 2.24) is 9.97 Å². The van der Waals surface area contributed by atoms with Gasteiger partial charge in [0.1, 0.15) is 0 Å². The zero-order chi connectivity index (χ0) is 10.7. The number of halogens is 1. The number of aromatic nitrogens is 2. The molecule has 2 aromatic heterocycles. The van der Waals surface area contributed by atoms with Crippen LogP contribution in [0.25, 0.3) is 0 Å². The Hall–Kier alpha value is -0.940. The first-order valence-electron chi connectivity index (χ1n) is 4.50. The highest BCUT2D eigenvalue weighted by Gasteiger charge is 1.99. The van der Waals surface area contributed by atoms with E-state index in [0.29, 0.717) is 5.95 Å². The molecule has 0 aliphatic carbocycles. The van der Waals surface area contributed by atoms with Crippen molar-refractivity contribution in [3.05, 3.63) is 38.8 Å². The molecule has 2 rings (SSSR count). The van der Waals surface area contributed by atoms with Gasteiger partial charge in [0, 0.05) is 26.6 Å². The van der Waals surface area contributed by atoms with E-state index in [0.717, 1.165) is 16.7 Å². The molecule has 0 aliphatic heterocycles. The van der Waals surface area contributed by atoms with Crippen LogP contribution in [-0.4, -0.2) is 9.97 Å². The smallest absolute Gasteiger partial charge is 0.223 e. The van der Waals surface area contributed by atoms with Crippen LogP contribution in [0, 0.1) is 6.92 Å². The molecule has 2 aromatic rings. The molecule has 0 saturated carbocycles. The zero-order valence-corrected chi connectivity index (χ0v) is 10.6. The average molecular weight is 284 g/mol. The number of hydrogen-bond acceptors (Lipinski definition) is 4. The summed E-state index contributed by atoms with van der Waals surface area (Å²) in [6.45, 7) is 2.72. The van der Waals surface area contributed by atoms with Gasteiger partial charge in [0.2, 0.25) is 5.95 Å². The molecule has 0 saturated heterocycles. The fourth-order valence-corrected chi connectivity index (χ4v) is 2.54. The lowest BCUT2D eigenvalue weighted by Crippen LogP contribution is -2.02. The van der Waals surface area contributed by atoms with E-state index in [9.17, 15) is 0 Å². The largest absolute Gasteiger partial charge is 0.349 e. The lowest BCUT2D eigenvalue weighted by Gasteiger charge is -2.02. The molecule has 0 amide bonds. The van der Waals surface area contributed by atoms with Crippen molar-refractivity contribution < 1.29 is 0 Å². The maximum Gasteiger partial charge on any atom is 0.223 e. The molecule has 0 radical (unpaired) electrons. The highest BCUT2D eigenvalue weighted by atomic mass is 79.9. The summed E-state index contributed by atoms with van der Waals surface area (Å²) < 4.78 is 1.12. The molecule has 0 fully saturated rings. The summed E-state index contributed by atoms with van der Waals surface area (Å²) in [5.41, 5.74) is 0.972. The second-order valence-corrected chi connectivity index (χ2v) is 5.02. The van der Waals surface area contributed by atoms with Crippen LogP contribution >= 0.6 is 27.3 Å². The number of anilines is 1. The third-order valence-electron chi connectivity index (χ3n) is 1.84. The third kappa shape index (κ3) is 3.00. The van der Waals surface area contributed by atoms with E-state index in [1.807, 2.05) is 13.0 Å². The van der Waals surface area contributed by atoms with Crippen LogP contribution in [0.5, 0.6) is 0 Å². The highest BCUT2D eigenvalue weighted by Crippen LogP contribution is 2.20. The fraction of sp³-hybridized carbons (Fsp3) is 0.200. The van der Waals surface area contributed by atoms with Crippen LogP contribution in [-0.2, 0) is 6.54 Å². The molecular weight excluding hydrogens is 274 g/mol. The number of aryl methyl sites for hydroxylation is 1. The summed E-state index contributed by atoms with van der Waals surface area (Å²) >= 11 is 5.13. The first-order chi connectivity index (χ1) is 7.24. The van der Waals surface area contributed by atoms with E-state index in [1.54, 1.807) is 17.5 Å². The van der Waals surface area contributed by atoms with Crippen molar-refractivity contribution in [2.75, 3.05) is 5.32 Å². The minimum atomic E-state index is 0.680. The van der Waals surface area contributed by atoms with E-state index in [-0.39, 0.29) is 0 Å². The molecule has 0 bridgehead atoms. The molecule has 78 valence electrons. The molecule has 2 heterocycles. The van der Waals surface area contributed by atoms with Crippen molar-refractivity contribution in [2.45, 2.75) is 13.5 Å². The molecule has 0 aliphatic rings. The van der Waals surface area contributed by atoms with Crippen molar-refractivity contribution in [3.63, 3.8) is 0 Å². The van der Waals surface area contributed by atoms with Crippen molar-refractivity contribution in [3.8, 4) is 0 Å². The Morgan fingerprint density at radius 1 is 1.53 bits per heavy atom. The van der Waals surface area contributed by atoms with Gasteiger partial charge in [-0.25, -0.2) is 9.97 Å². The third-order valence-corrected chi connectivity index (χ3v) is 3.53. The molecule has 5 heteroatoms. The van der Waals surface area contributed by atoms with Crippen LogP contribution in [0.2, 0.25) is 0 Å². The molecule has 0 atom stereocenters. The van der Waals surface area contributed by atoms with Gasteiger partial charge in [-0.15, -0.1) is 11.3 Å². The molecule has 15 heavy (non-hydrogen) atoms. The van der Waals surface area contributed by atoms with Gasteiger partial charge in [-0.2, -0.15) is 0 Å². The molecule has 0 spiro atoms. The zero-order valence-electron chi connectivity index (χ0n) is 8.20. The summed E-state index contributed by atoms with van der Waals surface area (Å²) in [4.78, 5) is 9.65. The van der Waals surface area contributed by atoms with Crippen LogP contribution in [0.15, 0.2) is 28.2 Å². The lowest BCUT2D eigenvalue weighted by molar-refractivity contribution is 1.04. The van der Waals surface area contributed by atoms with Crippen molar-refractivity contribution in [2.24, 2.45) is 0 Å². The Bertz CT molecular complexity index is 455. The van der Waals surface area contributed by atoms with Gasteiger partial charge in [-0.05, 0) is 35.0 Å². The first kappa shape index (κ1) is 10.6. The average Bonchev–Trinajstić information content (AvgIpc) is 2.62. The predicted octanol–water partition coefficient (Wildman–Crippen LogP) is 3.22. The van der Waals surface area contributed by atoms with Gasteiger partial charge in [-0.1, -0.05) is 0 Å². The molecular formula is C10H10BrN3S. The van der Waals surface area contributed by atoms with Gasteiger partial charge in [0.05, 0.1) is 6.54 Å². The molecule has 3 nitrogen and oxygen atoms in total. The summed E-state index contributed by atoms with van der Waals surface area (Å²) in [5.74, 6) is 0.680. The highest BCUT2D eigenvalue weighted by molar-refractivity contribution is 9.10. The minimum Gasteiger partial charge on any atom is -0.349 e. The van der Waals surface area contributed by atoms with E-state index >= 15 is 0 Å². The molecule has 1 N–H and O–H groups in total. The number of nitrogens with zero attached hydrogens (tertiary/aromatic N) is 2.